The van der Waals surface area contributed by atoms with Crippen molar-refractivity contribution in [1.29, 1.82) is 0 Å². The molecule has 19 heavy (non-hydrogen) atoms. The molecule has 3 nitrogen and oxygen atoms in total. The van der Waals surface area contributed by atoms with E-state index in [2.05, 4.69) is 0 Å². The van der Waals surface area contributed by atoms with E-state index in [1.54, 1.807) is 0 Å². The number of sulfone groups is 1. The lowest BCUT2D eigenvalue weighted by atomic mass is 10.2. The van der Waals surface area contributed by atoms with Crippen LogP contribution in [-0.2, 0) is 16.0 Å². The van der Waals surface area contributed by atoms with Crippen LogP contribution in [0, 0.1) is 0 Å². The molecule has 1 aromatic carbocycles. The fourth-order valence-corrected chi connectivity index (χ4v) is 2.88. The van der Waals surface area contributed by atoms with Gasteiger partial charge in [-0.3, -0.25) is 0 Å². The summed E-state index contributed by atoms with van der Waals surface area (Å²) in [6.45, 7) is 1.24. The number of hydrogen-bond acceptors (Lipinski definition) is 3. The summed E-state index contributed by atoms with van der Waals surface area (Å²) in [5.41, 5.74) is -0.462. The van der Waals surface area contributed by atoms with Gasteiger partial charge in [0.15, 0.2) is 9.84 Å². The molecule has 0 radical (unpaired) electrons. The van der Waals surface area contributed by atoms with E-state index < -0.39 is 21.6 Å². The van der Waals surface area contributed by atoms with Gasteiger partial charge in [0.25, 0.3) is 0 Å². The Balaban J connectivity index is 3.01. The van der Waals surface area contributed by atoms with Crippen LogP contribution in [0.2, 0.25) is 0 Å². The SMILES string of the molecule is CC(=CCO)CS(=O)(=O)c1ccc(C(F)(F)F)cc1. The van der Waals surface area contributed by atoms with E-state index >= 15 is 0 Å². The third-order valence-electron chi connectivity index (χ3n) is 2.40. The molecule has 0 spiro atoms. The van der Waals surface area contributed by atoms with Gasteiger partial charge in [-0.2, -0.15) is 13.2 Å². The summed E-state index contributed by atoms with van der Waals surface area (Å²) in [5.74, 6) is -0.334. The second-order valence-corrected chi connectivity index (χ2v) is 6.00. The van der Waals surface area contributed by atoms with Gasteiger partial charge in [0.2, 0.25) is 0 Å². The second kappa shape index (κ2) is 5.75. The average Bonchev–Trinajstić information content (AvgIpc) is 2.27. The van der Waals surface area contributed by atoms with Crippen LogP contribution in [0.1, 0.15) is 12.5 Å². The normalized spacial score (nSPS) is 13.6. The highest BCUT2D eigenvalue weighted by Crippen LogP contribution is 2.29. The lowest BCUT2D eigenvalue weighted by Gasteiger charge is -2.08. The fraction of sp³-hybridized carbons (Fsp3) is 0.333. The molecule has 1 rings (SSSR count). The first-order valence-electron chi connectivity index (χ1n) is 5.33. The van der Waals surface area contributed by atoms with Gasteiger partial charge in [-0.1, -0.05) is 11.6 Å². The lowest BCUT2D eigenvalue weighted by molar-refractivity contribution is -0.137. The standard InChI is InChI=1S/C12H13F3O3S/c1-9(6-7-16)8-19(17,18)11-4-2-10(3-5-11)12(13,14)15/h2-6,16H,7-8H2,1H3. The summed E-state index contributed by atoms with van der Waals surface area (Å²) >= 11 is 0. The van der Waals surface area contributed by atoms with Crippen molar-refractivity contribution in [2.75, 3.05) is 12.4 Å². The first kappa shape index (κ1) is 15.7. The van der Waals surface area contributed by atoms with Crippen LogP contribution in [0.25, 0.3) is 0 Å². The molecule has 1 N–H and O–H groups in total. The third-order valence-corrected chi connectivity index (χ3v) is 4.22. The second-order valence-electron chi connectivity index (χ2n) is 4.01. The molecule has 0 saturated carbocycles. The van der Waals surface area contributed by atoms with Gasteiger partial charge < -0.3 is 5.11 Å². The van der Waals surface area contributed by atoms with Crippen LogP contribution < -0.4 is 0 Å². The Kier molecular flexibility index (Phi) is 4.75. The topological polar surface area (TPSA) is 54.4 Å². The number of hydrogen-bond donors (Lipinski definition) is 1. The van der Waals surface area contributed by atoms with E-state index in [1.807, 2.05) is 0 Å². The predicted molar refractivity (Wildman–Crippen MR) is 64.3 cm³/mol. The average molecular weight is 294 g/mol. The predicted octanol–water partition coefficient (Wildman–Crippen LogP) is 2.42. The zero-order chi connectivity index (χ0) is 14.7. The van der Waals surface area contributed by atoms with E-state index in [0.29, 0.717) is 5.57 Å². The Morgan fingerprint density at radius 3 is 2.21 bits per heavy atom. The highest BCUT2D eigenvalue weighted by molar-refractivity contribution is 7.91. The molecule has 0 heterocycles. The van der Waals surface area contributed by atoms with Crippen molar-refractivity contribution in [2.45, 2.75) is 18.0 Å². The number of aliphatic hydroxyl groups is 1. The molecule has 0 aromatic heterocycles. The van der Waals surface area contributed by atoms with Crippen LogP contribution >= 0.6 is 0 Å². The fourth-order valence-electron chi connectivity index (χ4n) is 1.45. The van der Waals surface area contributed by atoms with Gasteiger partial charge in [-0.05, 0) is 31.2 Å². The maximum Gasteiger partial charge on any atom is 0.416 e. The molecular weight excluding hydrogens is 281 g/mol. The van der Waals surface area contributed by atoms with Crippen molar-refractivity contribution in [3.63, 3.8) is 0 Å². The largest absolute Gasteiger partial charge is 0.416 e. The first-order chi connectivity index (χ1) is 8.66. The molecule has 0 bridgehead atoms. The van der Waals surface area contributed by atoms with Crippen molar-refractivity contribution in [1.82, 2.24) is 0 Å². The summed E-state index contributed by atoms with van der Waals surface area (Å²) in [6.07, 6.45) is -3.16. The maximum atomic E-state index is 12.3. The summed E-state index contributed by atoms with van der Waals surface area (Å²) in [6, 6.07) is 3.34. The van der Waals surface area contributed by atoms with Gasteiger partial charge in [-0.25, -0.2) is 8.42 Å². The highest BCUT2D eigenvalue weighted by Gasteiger charge is 2.30. The van der Waals surface area contributed by atoms with Crippen LogP contribution in [-0.4, -0.2) is 25.9 Å². The minimum absolute atomic E-state index is 0.175. The van der Waals surface area contributed by atoms with Crippen molar-refractivity contribution < 1.29 is 26.7 Å². The van der Waals surface area contributed by atoms with Crippen LogP contribution in [0.4, 0.5) is 13.2 Å². The van der Waals surface area contributed by atoms with Crippen molar-refractivity contribution in [3.05, 3.63) is 41.5 Å². The molecule has 0 aliphatic heterocycles. The minimum Gasteiger partial charge on any atom is -0.392 e. The number of rotatable bonds is 4. The summed E-state index contributed by atoms with van der Waals surface area (Å²) < 4.78 is 60.8. The molecule has 106 valence electrons. The van der Waals surface area contributed by atoms with Gasteiger partial charge >= 0.3 is 6.18 Å². The van der Waals surface area contributed by atoms with Crippen LogP contribution in [0.15, 0.2) is 40.8 Å². The molecule has 0 atom stereocenters. The smallest absolute Gasteiger partial charge is 0.392 e. The van der Waals surface area contributed by atoms with Crippen molar-refractivity contribution in [2.24, 2.45) is 0 Å². The molecule has 0 saturated heterocycles. The molecule has 0 fully saturated rings. The Morgan fingerprint density at radius 2 is 1.79 bits per heavy atom. The zero-order valence-electron chi connectivity index (χ0n) is 10.1. The number of alkyl halides is 3. The molecule has 7 heteroatoms. The van der Waals surface area contributed by atoms with E-state index in [1.165, 1.54) is 13.0 Å². The molecule has 0 aliphatic carbocycles. The number of halogens is 3. The van der Waals surface area contributed by atoms with E-state index in [4.69, 9.17) is 5.11 Å². The molecule has 0 amide bonds. The molecule has 1 aromatic rings. The summed E-state index contributed by atoms with van der Waals surface area (Å²) in [7, 11) is -3.69. The van der Waals surface area contributed by atoms with E-state index in [9.17, 15) is 21.6 Å². The Labute approximate surface area is 109 Å². The Morgan fingerprint density at radius 1 is 1.26 bits per heavy atom. The maximum absolute atomic E-state index is 12.3. The van der Waals surface area contributed by atoms with Gasteiger partial charge in [0.05, 0.1) is 22.8 Å². The summed E-state index contributed by atoms with van der Waals surface area (Å²) in [4.78, 5) is -0.175. The van der Waals surface area contributed by atoms with Gasteiger partial charge in [-0.15, -0.1) is 0 Å². The number of aliphatic hydroxyl groups excluding tert-OH is 1. The quantitative estimate of drug-likeness (QED) is 0.868. The highest BCUT2D eigenvalue weighted by atomic mass is 32.2. The Bertz CT molecular complexity index is 557. The van der Waals surface area contributed by atoms with Gasteiger partial charge in [0, 0.05) is 0 Å². The van der Waals surface area contributed by atoms with Gasteiger partial charge in [0.1, 0.15) is 0 Å². The third kappa shape index (κ3) is 4.36. The van der Waals surface area contributed by atoms with Crippen molar-refractivity contribution in [3.8, 4) is 0 Å². The number of benzene rings is 1. The van der Waals surface area contributed by atoms with Crippen molar-refractivity contribution >= 4 is 9.84 Å². The summed E-state index contributed by atoms with van der Waals surface area (Å²) in [5, 5.41) is 8.63. The Hall–Kier alpha value is -1.34. The molecule has 0 aliphatic rings. The monoisotopic (exact) mass is 294 g/mol. The first-order valence-corrected chi connectivity index (χ1v) is 6.98. The van der Waals surface area contributed by atoms with E-state index in [0.717, 1.165) is 24.3 Å². The van der Waals surface area contributed by atoms with Crippen LogP contribution in [0.3, 0.4) is 0 Å². The van der Waals surface area contributed by atoms with E-state index in [-0.39, 0.29) is 17.3 Å². The molecular formula is C12H13F3O3S. The van der Waals surface area contributed by atoms with Crippen LogP contribution in [0.5, 0.6) is 0 Å². The molecule has 0 unspecified atom stereocenters. The lowest BCUT2D eigenvalue weighted by Crippen LogP contribution is -2.10. The minimum atomic E-state index is -4.49. The zero-order valence-corrected chi connectivity index (χ0v) is 10.9.